The monoisotopic (exact) mass is 528 g/mol. The van der Waals surface area contributed by atoms with Gasteiger partial charge in [0, 0.05) is 35.3 Å². The molecule has 0 N–H and O–H groups in total. The van der Waals surface area contributed by atoms with Gasteiger partial charge in [0.1, 0.15) is 11.5 Å². The number of rotatable bonds is 9. The van der Waals surface area contributed by atoms with Crippen LogP contribution in [0.4, 0.5) is 10.1 Å². The molecule has 11 nitrogen and oxygen atoms in total. The molecule has 0 spiro atoms. The normalized spacial score (nSPS) is 11.3. The Labute approximate surface area is 219 Å². The summed E-state index contributed by atoms with van der Waals surface area (Å²) in [5.74, 6) is -0.364. The van der Waals surface area contributed by atoms with Gasteiger partial charge in [-0.3, -0.25) is 29.1 Å². The third-order valence-corrected chi connectivity index (χ3v) is 6.01. The van der Waals surface area contributed by atoms with Crippen molar-refractivity contribution >= 4 is 17.8 Å². The number of nitrogens with zero attached hydrogens (tertiary/aromatic N) is 6. The zero-order valence-electron chi connectivity index (χ0n) is 20.4. The first-order valence-electron chi connectivity index (χ1n) is 11.8. The average Bonchev–Trinajstić information content (AvgIpc) is 3.61. The molecule has 0 aliphatic rings. The van der Waals surface area contributed by atoms with Crippen molar-refractivity contribution in [3.63, 3.8) is 0 Å². The summed E-state index contributed by atoms with van der Waals surface area (Å²) in [7, 11) is 0. The van der Waals surface area contributed by atoms with Crippen molar-refractivity contribution in [2.24, 2.45) is 0 Å². The third-order valence-electron chi connectivity index (χ3n) is 6.01. The van der Waals surface area contributed by atoms with Gasteiger partial charge in [-0.25, -0.2) is 13.8 Å². The van der Waals surface area contributed by atoms with Crippen LogP contribution in [0.2, 0.25) is 0 Å². The SMILES string of the molecule is O=c1c([N+](=O)[O-])c(C=Cc2cnn(Cc3ccccc3F)c2)n(Cc2ccncc2)c(=O)n1Cc1ccoc1. The number of nitro groups is 1. The summed E-state index contributed by atoms with van der Waals surface area (Å²) in [6.07, 6.45) is 11.8. The molecule has 0 fully saturated rings. The highest BCUT2D eigenvalue weighted by molar-refractivity contribution is 5.71. The summed E-state index contributed by atoms with van der Waals surface area (Å²) in [5.41, 5.74) is -0.540. The van der Waals surface area contributed by atoms with E-state index in [2.05, 4.69) is 10.1 Å². The average molecular weight is 529 g/mol. The van der Waals surface area contributed by atoms with Gasteiger partial charge in [-0.2, -0.15) is 5.10 Å². The van der Waals surface area contributed by atoms with E-state index in [-0.39, 0.29) is 31.1 Å². The van der Waals surface area contributed by atoms with Crippen LogP contribution >= 0.6 is 0 Å². The number of pyridine rings is 1. The molecular weight excluding hydrogens is 507 g/mol. The van der Waals surface area contributed by atoms with Gasteiger partial charge in [0.05, 0.1) is 43.3 Å². The Balaban J connectivity index is 1.58. The lowest BCUT2D eigenvalue weighted by Crippen LogP contribution is -2.42. The van der Waals surface area contributed by atoms with E-state index >= 15 is 0 Å². The zero-order valence-corrected chi connectivity index (χ0v) is 20.4. The van der Waals surface area contributed by atoms with Crippen LogP contribution in [-0.4, -0.2) is 28.8 Å². The minimum Gasteiger partial charge on any atom is -0.472 e. The lowest BCUT2D eigenvalue weighted by Gasteiger charge is -2.14. The highest BCUT2D eigenvalue weighted by Crippen LogP contribution is 2.18. The zero-order chi connectivity index (χ0) is 27.4. The number of furan rings is 1. The van der Waals surface area contributed by atoms with Crippen molar-refractivity contribution in [1.29, 1.82) is 0 Å². The van der Waals surface area contributed by atoms with Crippen LogP contribution in [0.15, 0.2) is 93.8 Å². The lowest BCUT2D eigenvalue weighted by atomic mass is 10.2. The van der Waals surface area contributed by atoms with Crippen molar-refractivity contribution in [2.75, 3.05) is 0 Å². The topological polar surface area (TPSA) is 131 Å². The van der Waals surface area contributed by atoms with Crippen LogP contribution in [0.1, 0.15) is 27.9 Å². The summed E-state index contributed by atoms with van der Waals surface area (Å²) < 4.78 is 22.6. The van der Waals surface area contributed by atoms with Crippen LogP contribution in [0, 0.1) is 15.9 Å². The van der Waals surface area contributed by atoms with Crippen LogP contribution in [-0.2, 0) is 19.6 Å². The van der Waals surface area contributed by atoms with E-state index in [0.29, 0.717) is 22.3 Å². The third kappa shape index (κ3) is 5.49. The molecular formula is C27H21FN6O5. The Kier molecular flexibility index (Phi) is 7.08. The highest BCUT2D eigenvalue weighted by atomic mass is 19.1. The van der Waals surface area contributed by atoms with Gasteiger partial charge in [0.25, 0.3) is 0 Å². The molecule has 0 aliphatic heterocycles. The maximum Gasteiger partial charge on any atom is 0.357 e. The molecule has 5 rings (SSSR count). The van der Waals surface area contributed by atoms with Crippen molar-refractivity contribution < 1.29 is 13.7 Å². The van der Waals surface area contributed by atoms with Gasteiger partial charge in [0.2, 0.25) is 0 Å². The van der Waals surface area contributed by atoms with Gasteiger partial charge in [0.15, 0.2) is 0 Å². The summed E-state index contributed by atoms with van der Waals surface area (Å²) in [4.78, 5) is 42.1. The molecule has 1 aromatic carbocycles. The smallest absolute Gasteiger partial charge is 0.357 e. The molecule has 0 atom stereocenters. The second-order valence-electron chi connectivity index (χ2n) is 8.63. The minimum absolute atomic E-state index is 0.0416. The molecule has 0 saturated heterocycles. The lowest BCUT2D eigenvalue weighted by molar-refractivity contribution is -0.387. The minimum atomic E-state index is -1.04. The fraction of sp³-hybridized carbons (Fsp3) is 0.111. The molecule has 0 bridgehead atoms. The molecule has 0 saturated carbocycles. The van der Waals surface area contributed by atoms with Crippen LogP contribution in [0.5, 0.6) is 0 Å². The second kappa shape index (κ2) is 10.9. The standard InChI is InChI=1S/C27H21FN6O5/c28-23-4-2-1-3-22(23)17-31-14-20(13-30-31)5-6-24-25(34(37)38)26(35)33(16-21-9-12-39-18-21)27(36)32(24)15-19-7-10-29-11-8-19/h1-14,18H,15-17H2. The quantitative estimate of drug-likeness (QED) is 0.211. The first-order valence-corrected chi connectivity index (χ1v) is 11.8. The van der Waals surface area contributed by atoms with E-state index in [4.69, 9.17) is 4.42 Å². The maximum atomic E-state index is 14.0. The van der Waals surface area contributed by atoms with Gasteiger partial charge in [-0.15, -0.1) is 0 Å². The Morgan fingerprint density at radius 3 is 2.46 bits per heavy atom. The molecule has 0 aliphatic carbocycles. The van der Waals surface area contributed by atoms with Crippen molar-refractivity contribution in [2.45, 2.75) is 19.6 Å². The Morgan fingerprint density at radius 2 is 1.74 bits per heavy atom. The Morgan fingerprint density at radius 1 is 0.974 bits per heavy atom. The largest absolute Gasteiger partial charge is 0.472 e. The molecule has 0 amide bonds. The molecule has 196 valence electrons. The second-order valence-corrected chi connectivity index (χ2v) is 8.63. The summed E-state index contributed by atoms with van der Waals surface area (Å²) in [6.45, 7) is -0.0598. The Hall–Kier alpha value is -5.39. The molecule has 4 heterocycles. The van der Waals surface area contributed by atoms with Crippen LogP contribution < -0.4 is 11.2 Å². The van der Waals surface area contributed by atoms with E-state index in [9.17, 15) is 24.1 Å². The maximum absolute atomic E-state index is 14.0. The number of hydrogen-bond acceptors (Lipinski definition) is 7. The first-order chi connectivity index (χ1) is 18.9. The van der Waals surface area contributed by atoms with Gasteiger partial charge in [-0.1, -0.05) is 18.2 Å². The molecule has 12 heteroatoms. The molecule has 4 aromatic heterocycles. The number of hydrogen-bond donors (Lipinski definition) is 0. The Bertz CT molecular complexity index is 1770. The van der Waals surface area contributed by atoms with Gasteiger partial charge >= 0.3 is 16.9 Å². The fourth-order valence-corrected chi connectivity index (χ4v) is 4.10. The van der Waals surface area contributed by atoms with Crippen LogP contribution in [0.25, 0.3) is 12.2 Å². The predicted octanol–water partition coefficient (Wildman–Crippen LogP) is 3.56. The number of halogens is 1. The van der Waals surface area contributed by atoms with E-state index in [0.717, 1.165) is 4.57 Å². The van der Waals surface area contributed by atoms with Crippen molar-refractivity contribution in [3.05, 3.63) is 144 Å². The van der Waals surface area contributed by atoms with E-state index in [1.165, 1.54) is 58.6 Å². The van der Waals surface area contributed by atoms with Gasteiger partial charge in [-0.05, 0) is 42.0 Å². The van der Waals surface area contributed by atoms with Crippen molar-refractivity contribution in [1.82, 2.24) is 23.9 Å². The van der Waals surface area contributed by atoms with Gasteiger partial charge < -0.3 is 4.42 Å². The molecule has 0 radical (unpaired) electrons. The fourth-order valence-electron chi connectivity index (χ4n) is 4.10. The van der Waals surface area contributed by atoms with E-state index < -0.39 is 21.9 Å². The first kappa shape index (κ1) is 25.3. The highest BCUT2D eigenvalue weighted by Gasteiger charge is 2.27. The molecule has 0 unspecified atom stereocenters. The summed E-state index contributed by atoms with van der Waals surface area (Å²) in [6, 6.07) is 11.2. The predicted molar refractivity (Wildman–Crippen MR) is 139 cm³/mol. The van der Waals surface area contributed by atoms with E-state index in [1.54, 1.807) is 42.6 Å². The molecule has 5 aromatic rings. The molecule has 39 heavy (non-hydrogen) atoms. The van der Waals surface area contributed by atoms with Crippen molar-refractivity contribution in [3.8, 4) is 0 Å². The van der Waals surface area contributed by atoms with E-state index in [1.807, 2.05) is 0 Å². The number of aromatic nitrogens is 5. The summed E-state index contributed by atoms with van der Waals surface area (Å²) >= 11 is 0. The summed E-state index contributed by atoms with van der Waals surface area (Å²) in [5, 5.41) is 16.3. The number of benzene rings is 1. The van der Waals surface area contributed by atoms with Crippen LogP contribution in [0.3, 0.4) is 0 Å².